The lowest BCUT2D eigenvalue weighted by Crippen LogP contribution is -1.98. The third kappa shape index (κ3) is 2.61. The molecule has 3 heteroatoms. The Kier molecular flexibility index (Phi) is 3.57. The van der Waals surface area contributed by atoms with Gasteiger partial charge in [-0.05, 0) is 46.1 Å². The molecule has 1 heterocycles. The number of hydrogen-bond acceptors (Lipinski definition) is 2. The van der Waals surface area contributed by atoms with Crippen LogP contribution >= 0.6 is 15.9 Å². The predicted molar refractivity (Wildman–Crippen MR) is 67.4 cm³/mol. The molecule has 0 spiro atoms. The maximum Gasteiger partial charge on any atom is 0.152 e. The van der Waals surface area contributed by atoms with Crippen LogP contribution in [0.5, 0.6) is 5.75 Å². The minimum atomic E-state index is 0.566. The molecular weight excluding hydrogens is 266 g/mol. The molecule has 0 aliphatic heterocycles. The summed E-state index contributed by atoms with van der Waals surface area (Å²) < 4.78 is 6.43. The first-order chi connectivity index (χ1) is 7.77. The zero-order chi connectivity index (χ0) is 11.4. The van der Waals surface area contributed by atoms with Crippen molar-refractivity contribution < 1.29 is 4.74 Å². The van der Waals surface area contributed by atoms with Crippen LogP contribution in [0.2, 0.25) is 0 Å². The lowest BCUT2D eigenvalue weighted by atomic mass is 10.1. The van der Waals surface area contributed by atoms with Crippen LogP contribution in [0.15, 0.2) is 47.2 Å². The van der Waals surface area contributed by atoms with E-state index in [1.165, 1.54) is 11.1 Å². The molecule has 0 aliphatic carbocycles. The van der Waals surface area contributed by atoms with Gasteiger partial charge in [0, 0.05) is 6.20 Å². The topological polar surface area (TPSA) is 22.1 Å². The number of aromatic nitrogens is 1. The van der Waals surface area contributed by atoms with E-state index < -0.39 is 0 Å². The molecule has 16 heavy (non-hydrogen) atoms. The Morgan fingerprint density at radius 3 is 2.75 bits per heavy atom. The number of ether oxygens (including phenoxy) is 1. The van der Waals surface area contributed by atoms with E-state index in [-0.39, 0.29) is 0 Å². The fourth-order valence-electron chi connectivity index (χ4n) is 1.41. The standard InChI is InChI=1S/C13H12BrNO/c1-10-5-2-3-6-11(10)9-16-12-7-4-8-15-13(12)14/h2-8H,9H2,1H3. The second kappa shape index (κ2) is 5.12. The van der Waals surface area contributed by atoms with E-state index in [9.17, 15) is 0 Å². The van der Waals surface area contributed by atoms with Crippen molar-refractivity contribution in [3.63, 3.8) is 0 Å². The highest BCUT2D eigenvalue weighted by atomic mass is 79.9. The summed E-state index contributed by atoms with van der Waals surface area (Å²) in [5, 5.41) is 0. The van der Waals surface area contributed by atoms with Crippen molar-refractivity contribution in [2.45, 2.75) is 13.5 Å². The van der Waals surface area contributed by atoms with Crippen molar-refractivity contribution in [1.82, 2.24) is 4.98 Å². The van der Waals surface area contributed by atoms with Gasteiger partial charge < -0.3 is 4.74 Å². The summed E-state index contributed by atoms with van der Waals surface area (Å²) in [6.45, 7) is 2.65. The van der Waals surface area contributed by atoms with Gasteiger partial charge in [-0.15, -0.1) is 0 Å². The maximum absolute atomic E-state index is 5.69. The Balaban J connectivity index is 2.09. The molecule has 1 aromatic heterocycles. The summed E-state index contributed by atoms with van der Waals surface area (Å²) in [7, 11) is 0. The lowest BCUT2D eigenvalue weighted by Gasteiger charge is -2.09. The van der Waals surface area contributed by atoms with Crippen LogP contribution in [-0.2, 0) is 6.61 Å². The molecule has 0 aliphatic rings. The first-order valence-electron chi connectivity index (χ1n) is 5.05. The van der Waals surface area contributed by atoms with E-state index >= 15 is 0 Å². The van der Waals surface area contributed by atoms with Gasteiger partial charge in [-0.25, -0.2) is 4.98 Å². The van der Waals surface area contributed by atoms with Crippen LogP contribution in [0.1, 0.15) is 11.1 Å². The minimum absolute atomic E-state index is 0.566. The molecule has 0 N–H and O–H groups in total. The first-order valence-corrected chi connectivity index (χ1v) is 5.84. The van der Waals surface area contributed by atoms with Gasteiger partial charge in [0.05, 0.1) is 0 Å². The highest BCUT2D eigenvalue weighted by molar-refractivity contribution is 9.10. The molecule has 0 unspecified atom stereocenters. The fourth-order valence-corrected chi connectivity index (χ4v) is 1.77. The van der Waals surface area contributed by atoms with E-state index in [1.54, 1.807) is 6.20 Å². The second-order valence-electron chi connectivity index (χ2n) is 3.51. The molecule has 2 nitrogen and oxygen atoms in total. The van der Waals surface area contributed by atoms with Gasteiger partial charge in [-0.1, -0.05) is 24.3 Å². The number of rotatable bonds is 3. The highest BCUT2D eigenvalue weighted by Crippen LogP contribution is 2.22. The normalized spacial score (nSPS) is 10.1. The number of hydrogen-bond donors (Lipinski definition) is 0. The van der Waals surface area contributed by atoms with Crippen LogP contribution in [0.25, 0.3) is 0 Å². The highest BCUT2D eigenvalue weighted by Gasteiger charge is 2.02. The quantitative estimate of drug-likeness (QED) is 0.798. The monoisotopic (exact) mass is 277 g/mol. The predicted octanol–water partition coefficient (Wildman–Crippen LogP) is 3.73. The Morgan fingerprint density at radius 1 is 1.19 bits per heavy atom. The molecule has 82 valence electrons. The number of aryl methyl sites for hydroxylation is 1. The van der Waals surface area contributed by atoms with Crippen LogP contribution < -0.4 is 4.74 Å². The lowest BCUT2D eigenvalue weighted by molar-refractivity contribution is 0.302. The van der Waals surface area contributed by atoms with Crippen LogP contribution in [-0.4, -0.2) is 4.98 Å². The summed E-state index contributed by atoms with van der Waals surface area (Å²) >= 11 is 3.35. The maximum atomic E-state index is 5.69. The molecule has 2 rings (SSSR count). The van der Waals surface area contributed by atoms with E-state index in [1.807, 2.05) is 24.3 Å². The van der Waals surface area contributed by atoms with Crippen LogP contribution in [0.4, 0.5) is 0 Å². The van der Waals surface area contributed by atoms with Crippen LogP contribution in [0.3, 0.4) is 0 Å². The van der Waals surface area contributed by atoms with Gasteiger partial charge in [0.15, 0.2) is 5.75 Å². The number of nitrogens with zero attached hydrogens (tertiary/aromatic N) is 1. The molecule has 0 fully saturated rings. The van der Waals surface area contributed by atoms with Crippen molar-refractivity contribution >= 4 is 15.9 Å². The number of pyridine rings is 1. The summed E-state index contributed by atoms with van der Waals surface area (Å²) in [6.07, 6.45) is 1.73. The number of benzene rings is 1. The Hall–Kier alpha value is -1.35. The van der Waals surface area contributed by atoms with E-state index in [2.05, 4.69) is 40.0 Å². The molecule has 0 saturated carbocycles. The molecular formula is C13H12BrNO. The average molecular weight is 278 g/mol. The molecule has 1 aromatic carbocycles. The molecule has 0 amide bonds. The minimum Gasteiger partial charge on any atom is -0.486 e. The SMILES string of the molecule is Cc1ccccc1COc1cccnc1Br. The Bertz CT molecular complexity index is 439. The summed E-state index contributed by atoms with van der Waals surface area (Å²) in [5.74, 6) is 0.769. The van der Waals surface area contributed by atoms with Gasteiger partial charge in [-0.3, -0.25) is 0 Å². The molecule has 2 aromatic rings. The second-order valence-corrected chi connectivity index (χ2v) is 4.26. The molecule has 0 bridgehead atoms. The van der Waals surface area contributed by atoms with Crippen molar-refractivity contribution in [3.05, 3.63) is 58.3 Å². The fraction of sp³-hybridized carbons (Fsp3) is 0.154. The third-order valence-corrected chi connectivity index (χ3v) is 2.96. The van der Waals surface area contributed by atoms with E-state index in [0.717, 1.165) is 10.4 Å². The third-order valence-electron chi connectivity index (χ3n) is 2.37. The molecule has 0 saturated heterocycles. The van der Waals surface area contributed by atoms with E-state index in [0.29, 0.717) is 6.61 Å². The zero-order valence-electron chi connectivity index (χ0n) is 8.98. The summed E-state index contributed by atoms with van der Waals surface area (Å²) in [4.78, 5) is 4.11. The van der Waals surface area contributed by atoms with Gasteiger partial charge in [0.2, 0.25) is 0 Å². The molecule has 0 atom stereocenters. The van der Waals surface area contributed by atoms with Gasteiger partial charge in [0.25, 0.3) is 0 Å². The van der Waals surface area contributed by atoms with Crippen molar-refractivity contribution in [2.75, 3.05) is 0 Å². The summed E-state index contributed by atoms with van der Waals surface area (Å²) in [6, 6.07) is 12.0. The van der Waals surface area contributed by atoms with Gasteiger partial charge in [0.1, 0.15) is 11.2 Å². The Labute approximate surface area is 103 Å². The number of halogens is 1. The van der Waals surface area contributed by atoms with Crippen molar-refractivity contribution in [3.8, 4) is 5.75 Å². The van der Waals surface area contributed by atoms with Gasteiger partial charge in [-0.2, -0.15) is 0 Å². The zero-order valence-corrected chi connectivity index (χ0v) is 10.6. The smallest absolute Gasteiger partial charge is 0.152 e. The molecule has 0 radical (unpaired) electrons. The van der Waals surface area contributed by atoms with Crippen molar-refractivity contribution in [1.29, 1.82) is 0 Å². The summed E-state index contributed by atoms with van der Waals surface area (Å²) in [5.41, 5.74) is 2.43. The van der Waals surface area contributed by atoms with E-state index in [4.69, 9.17) is 4.74 Å². The van der Waals surface area contributed by atoms with Gasteiger partial charge >= 0.3 is 0 Å². The largest absolute Gasteiger partial charge is 0.486 e. The van der Waals surface area contributed by atoms with Crippen LogP contribution in [0, 0.1) is 6.92 Å². The van der Waals surface area contributed by atoms with Crippen molar-refractivity contribution in [2.24, 2.45) is 0 Å². The first kappa shape index (κ1) is 11.1. The average Bonchev–Trinajstić information content (AvgIpc) is 2.30. The Morgan fingerprint density at radius 2 is 2.00 bits per heavy atom.